The summed E-state index contributed by atoms with van der Waals surface area (Å²) in [4.78, 5) is 16.3. The van der Waals surface area contributed by atoms with Crippen molar-refractivity contribution in [2.75, 3.05) is 12.8 Å². The molecule has 1 aliphatic carbocycles. The van der Waals surface area contributed by atoms with E-state index in [0.717, 1.165) is 19.1 Å². The zero-order valence-corrected chi connectivity index (χ0v) is 14.2. The molecule has 126 valence electrons. The van der Waals surface area contributed by atoms with Crippen molar-refractivity contribution in [2.45, 2.75) is 24.0 Å². The Balaban J connectivity index is 0.00000192. The molecule has 1 unspecified atom stereocenters. The Morgan fingerprint density at radius 1 is 1.48 bits per heavy atom. The highest BCUT2D eigenvalue weighted by molar-refractivity contribution is 7.90. The van der Waals surface area contributed by atoms with E-state index in [1.807, 2.05) is 0 Å². The average Bonchev–Trinajstić information content (AvgIpc) is 3.23. The maximum atomic E-state index is 12.3. The third-order valence-electron chi connectivity index (χ3n) is 3.79. The molecule has 2 aromatic rings. The summed E-state index contributed by atoms with van der Waals surface area (Å²) >= 11 is 0. The first-order valence-corrected chi connectivity index (χ1v) is 8.98. The summed E-state index contributed by atoms with van der Waals surface area (Å²) in [6, 6.07) is 5.02. The number of rotatable bonds is 5. The third-order valence-corrected chi connectivity index (χ3v) is 4.74. The van der Waals surface area contributed by atoms with Gasteiger partial charge in [-0.2, -0.15) is 0 Å². The van der Waals surface area contributed by atoms with E-state index in [1.54, 1.807) is 24.4 Å². The maximum Gasteiger partial charge on any atom is 0.272 e. The monoisotopic (exact) mass is 358 g/mol. The summed E-state index contributed by atoms with van der Waals surface area (Å²) in [5.74, 6) is 0.0697. The van der Waals surface area contributed by atoms with Crippen molar-refractivity contribution in [2.24, 2.45) is 11.7 Å². The molecular weight excluding hydrogens is 340 g/mol. The standard InChI is InChI=1S/C14H18N4O3S.ClH/c1-22(20,21)14-17-12(11-4-2-3-7-18(11)14)13(19)16-8-10(15)9-5-6-9;/h2-4,7,9-10H,5-6,8,15H2,1H3,(H,16,19);1H. The van der Waals surface area contributed by atoms with Crippen molar-refractivity contribution >= 4 is 33.7 Å². The minimum atomic E-state index is -3.53. The number of amides is 1. The van der Waals surface area contributed by atoms with Crippen LogP contribution in [0.25, 0.3) is 5.52 Å². The van der Waals surface area contributed by atoms with Crippen molar-refractivity contribution in [3.05, 3.63) is 30.1 Å². The number of sulfone groups is 1. The Hall–Kier alpha value is -1.64. The van der Waals surface area contributed by atoms with Crippen LogP contribution in [0.1, 0.15) is 23.3 Å². The van der Waals surface area contributed by atoms with Gasteiger partial charge < -0.3 is 11.1 Å². The van der Waals surface area contributed by atoms with Crippen molar-refractivity contribution < 1.29 is 13.2 Å². The number of carbonyl (C=O) groups is 1. The quantitative estimate of drug-likeness (QED) is 0.815. The van der Waals surface area contributed by atoms with Crippen LogP contribution in [0.3, 0.4) is 0 Å². The van der Waals surface area contributed by atoms with Gasteiger partial charge in [-0.15, -0.1) is 12.4 Å². The summed E-state index contributed by atoms with van der Waals surface area (Å²) in [5, 5.41) is 2.60. The number of hydrogen-bond acceptors (Lipinski definition) is 5. The lowest BCUT2D eigenvalue weighted by Gasteiger charge is -2.10. The van der Waals surface area contributed by atoms with Gasteiger partial charge >= 0.3 is 0 Å². The van der Waals surface area contributed by atoms with E-state index in [0.29, 0.717) is 18.0 Å². The number of nitrogens with zero attached hydrogens (tertiary/aromatic N) is 2. The van der Waals surface area contributed by atoms with E-state index in [1.165, 1.54) is 4.40 Å². The lowest BCUT2D eigenvalue weighted by Crippen LogP contribution is -2.38. The molecule has 2 heterocycles. The SMILES string of the molecule is CS(=O)(=O)c1nc(C(=O)NCC(N)C2CC2)c2ccccn12.Cl. The zero-order valence-electron chi connectivity index (χ0n) is 12.6. The van der Waals surface area contributed by atoms with Gasteiger partial charge in [-0.25, -0.2) is 13.4 Å². The number of imidazole rings is 1. The molecule has 3 rings (SSSR count). The average molecular weight is 359 g/mol. The van der Waals surface area contributed by atoms with Crippen molar-refractivity contribution in [1.82, 2.24) is 14.7 Å². The molecule has 0 aromatic carbocycles. The van der Waals surface area contributed by atoms with E-state index in [-0.39, 0.29) is 29.3 Å². The second kappa shape index (κ2) is 6.46. The summed E-state index contributed by atoms with van der Waals surface area (Å²) in [6.45, 7) is 0.365. The lowest BCUT2D eigenvalue weighted by atomic mass is 10.2. The number of halogens is 1. The highest BCUT2D eigenvalue weighted by Gasteiger charge is 2.29. The minimum Gasteiger partial charge on any atom is -0.349 e. The number of carbonyl (C=O) groups excluding carboxylic acids is 1. The van der Waals surface area contributed by atoms with Crippen LogP contribution >= 0.6 is 12.4 Å². The second-order valence-corrected chi connectivity index (χ2v) is 7.59. The number of nitrogens with one attached hydrogen (secondary N) is 1. The van der Waals surface area contributed by atoms with Crippen LogP contribution in [-0.2, 0) is 9.84 Å². The minimum absolute atomic E-state index is 0. The smallest absolute Gasteiger partial charge is 0.272 e. The molecule has 2 aromatic heterocycles. The molecule has 0 saturated heterocycles. The molecule has 23 heavy (non-hydrogen) atoms. The largest absolute Gasteiger partial charge is 0.349 e. The van der Waals surface area contributed by atoms with Crippen LogP contribution in [0, 0.1) is 5.92 Å². The summed E-state index contributed by atoms with van der Waals surface area (Å²) in [7, 11) is -3.53. The number of pyridine rings is 1. The summed E-state index contributed by atoms with van der Waals surface area (Å²) in [5.41, 5.74) is 6.52. The maximum absolute atomic E-state index is 12.3. The summed E-state index contributed by atoms with van der Waals surface area (Å²) in [6.07, 6.45) is 4.84. The lowest BCUT2D eigenvalue weighted by molar-refractivity contribution is 0.0947. The Kier molecular flexibility index (Phi) is 4.98. The number of fused-ring (bicyclic) bond motifs is 1. The third kappa shape index (κ3) is 3.65. The topological polar surface area (TPSA) is 107 Å². The van der Waals surface area contributed by atoms with Crippen LogP contribution in [0.15, 0.2) is 29.6 Å². The molecule has 1 atom stereocenters. The molecule has 1 fully saturated rings. The Morgan fingerprint density at radius 3 is 2.78 bits per heavy atom. The fourth-order valence-electron chi connectivity index (χ4n) is 2.42. The molecule has 0 aliphatic heterocycles. The Labute approximate surface area is 140 Å². The summed E-state index contributed by atoms with van der Waals surface area (Å²) < 4.78 is 25.0. The van der Waals surface area contributed by atoms with Crippen molar-refractivity contribution in [1.29, 1.82) is 0 Å². The van der Waals surface area contributed by atoms with Crippen LogP contribution in [-0.4, -0.2) is 42.6 Å². The fourth-order valence-corrected chi connectivity index (χ4v) is 3.20. The van der Waals surface area contributed by atoms with Gasteiger partial charge in [0.05, 0.1) is 5.52 Å². The molecular formula is C14H19ClN4O3S. The number of aromatic nitrogens is 2. The molecule has 9 heteroatoms. The second-order valence-electron chi connectivity index (χ2n) is 5.68. The van der Waals surface area contributed by atoms with Gasteiger partial charge in [-0.05, 0) is 30.9 Å². The van der Waals surface area contributed by atoms with E-state index < -0.39 is 15.7 Å². The van der Waals surface area contributed by atoms with Gasteiger partial charge in [-0.1, -0.05) is 6.07 Å². The van der Waals surface area contributed by atoms with Gasteiger partial charge in [0.2, 0.25) is 15.0 Å². The van der Waals surface area contributed by atoms with Crippen LogP contribution < -0.4 is 11.1 Å². The first kappa shape index (κ1) is 17.7. The molecule has 7 nitrogen and oxygen atoms in total. The van der Waals surface area contributed by atoms with Gasteiger partial charge in [0, 0.05) is 25.0 Å². The molecule has 0 radical (unpaired) electrons. The van der Waals surface area contributed by atoms with E-state index in [9.17, 15) is 13.2 Å². The predicted molar refractivity (Wildman–Crippen MR) is 88.6 cm³/mol. The number of hydrogen-bond donors (Lipinski definition) is 2. The molecule has 3 N–H and O–H groups in total. The normalized spacial score (nSPS) is 15.9. The Bertz CT molecular complexity index is 830. The molecule has 0 spiro atoms. The Morgan fingerprint density at radius 2 is 2.17 bits per heavy atom. The van der Waals surface area contributed by atoms with Crippen molar-refractivity contribution in [3.8, 4) is 0 Å². The van der Waals surface area contributed by atoms with Gasteiger partial charge in [0.25, 0.3) is 5.91 Å². The molecule has 1 amide bonds. The first-order chi connectivity index (χ1) is 10.4. The molecule has 0 bridgehead atoms. The van der Waals surface area contributed by atoms with E-state index >= 15 is 0 Å². The zero-order chi connectivity index (χ0) is 15.9. The van der Waals surface area contributed by atoms with Crippen LogP contribution in [0.5, 0.6) is 0 Å². The highest BCUT2D eigenvalue weighted by atomic mass is 35.5. The first-order valence-electron chi connectivity index (χ1n) is 7.09. The van der Waals surface area contributed by atoms with Crippen molar-refractivity contribution in [3.63, 3.8) is 0 Å². The van der Waals surface area contributed by atoms with Gasteiger partial charge in [0.15, 0.2) is 5.69 Å². The predicted octanol–water partition coefficient (Wildman–Crippen LogP) is 0.627. The number of nitrogens with two attached hydrogens (primary N) is 1. The fraction of sp³-hybridized carbons (Fsp3) is 0.429. The van der Waals surface area contributed by atoms with Gasteiger partial charge in [-0.3, -0.25) is 9.20 Å². The van der Waals surface area contributed by atoms with Crippen LogP contribution in [0.2, 0.25) is 0 Å². The van der Waals surface area contributed by atoms with Crippen LogP contribution in [0.4, 0.5) is 0 Å². The van der Waals surface area contributed by atoms with E-state index in [2.05, 4.69) is 10.3 Å². The molecule has 1 aliphatic rings. The highest BCUT2D eigenvalue weighted by Crippen LogP contribution is 2.31. The van der Waals surface area contributed by atoms with Gasteiger partial charge in [0.1, 0.15) is 0 Å². The van der Waals surface area contributed by atoms with E-state index in [4.69, 9.17) is 5.73 Å². The molecule has 1 saturated carbocycles.